The molecule has 2 aliphatic rings. The summed E-state index contributed by atoms with van der Waals surface area (Å²) in [6.45, 7) is 7.32. The van der Waals surface area contributed by atoms with Gasteiger partial charge in [-0.05, 0) is 24.0 Å². The number of likely N-dealkylation sites (tertiary alicyclic amines) is 1. The Balaban J connectivity index is 1.66. The highest BCUT2D eigenvalue weighted by Crippen LogP contribution is 2.27. The van der Waals surface area contributed by atoms with Crippen LogP contribution in [0.1, 0.15) is 36.2 Å². The Hall–Kier alpha value is -2.28. The SMILES string of the molecule is CC(C)c1nc(C(=O)N2C[C@H]3CNC[C@H]3C2)nn1-c1ccccc1F. The molecular weight excluding hydrogens is 321 g/mol. The van der Waals surface area contributed by atoms with Crippen LogP contribution in [-0.4, -0.2) is 51.8 Å². The molecule has 6 nitrogen and oxygen atoms in total. The van der Waals surface area contributed by atoms with Gasteiger partial charge >= 0.3 is 0 Å². The van der Waals surface area contributed by atoms with Crippen LogP contribution in [0.25, 0.3) is 5.69 Å². The molecule has 4 rings (SSSR count). The fraction of sp³-hybridized carbons (Fsp3) is 0.500. The van der Waals surface area contributed by atoms with Crippen LogP contribution in [0.4, 0.5) is 4.39 Å². The lowest BCUT2D eigenvalue weighted by atomic mass is 10.0. The lowest BCUT2D eigenvalue weighted by Crippen LogP contribution is -2.32. The molecule has 2 fully saturated rings. The summed E-state index contributed by atoms with van der Waals surface area (Å²) in [5.41, 5.74) is 0.320. The predicted molar refractivity (Wildman–Crippen MR) is 91.2 cm³/mol. The van der Waals surface area contributed by atoms with E-state index in [0.717, 1.165) is 26.2 Å². The number of carbonyl (C=O) groups is 1. The van der Waals surface area contributed by atoms with Crippen LogP contribution < -0.4 is 5.32 Å². The number of para-hydroxylation sites is 1. The quantitative estimate of drug-likeness (QED) is 0.923. The molecule has 2 aromatic rings. The van der Waals surface area contributed by atoms with Crippen LogP contribution in [-0.2, 0) is 0 Å². The first-order chi connectivity index (χ1) is 12.0. The van der Waals surface area contributed by atoms with Gasteiger partial charge in [-0.25, -0.2) is 14.1 Å². The highest BCUT2D eigenvalue weighted by molar-refractivity contribution is 5.90. The summed E-state index contributed by atoms with van der Waals surface area (Å²) in [5, 5.41) is 7.72. The summed E-state index contributed by atoms with van der Waals surface area (Å²) in [7, 11) is 0. The van der Waals surface area contributed by atoms with E-state index in [2.05, 4.69) is 15.4 Å². The molecule has 2 aliphatic heterocycles. The Morgan fingerprint density at radius 3 is 2.56 bits per heavy atom. The van der Waals surface area contributed by atoms with E-state index in [9.17, 15) is 9.18 Å². The maximum atomic E-state index is 14.2. The third kappa shape index (κ3) is 2.82. The third-order valence-corrected chi connectivity index (χ3v) is 5.10. The van der Waals surface area contributed by atoms with Gasteiger partial charge in [0.1, 0.15) is 17.3 Å². The average molecular weight is 343 g/mol. The molecule has 1 aromatic carbocycles. The van der Waals surface area contributed by atoms with Gasteiger partial charge < -0.3 is 10.2 Å². The van der Waals surface area contributed by atoms with Gasteiger partial charge in [0, 0.05) is 32.1 Å². The maximum Gasteiger partial charge on any atom is 0.293 e. The first-order valence-corrected chi connectivity index (χ1v) is 8.76. The summed E-state index contributed by atoms with van der Waals surface area (Å²) < 4.78 is 15.7. The largest absolute Gasteiger partial charge is 0.335 e. The maximum absolute atomic E-state index is 14.2. The van der Waals surface area contributed by atoms with E-state index in [1.54, 1.807) is 18.2 Å². The summed E-state index contributed by atoms with van der Waals surface area (Å²) in [5.74, 6) is 1.26. The van der Waals surface area contributed by atoms with E-state index in [0.29, 0.717) is 23.3 Å². The van der Waals surface area contributed by atoms with Crippen LogP contribution in [0.5, 0.6) is 0 Å². The van der Waals surface area contributed by atoms with E-state index in [1.165, 1.54) is 10.7 Å². The van der Waals surface area contributed by atoms with Gasteiger partial charge in [-0.2, -0.15) is 0 Å². The number of amides is 1. The van der Waals surface area contributed by atoms with Crippen molar-refractivity contribution in [3.05, 3.63) is 41.7 Å². The molecule has 25 heavy (non-hydrogen) atoms. The number of hydrogen-bond donors (Lipinski definition) is 1. The van der Waals surface area contributed by atoms with Crippen molar-refractivity contribution in [2.24, 2.45) is 11.8 Å². The van der Waals surface area contributed by atoms with Crippen LogP contribution in [0.2, 0.25) is 0 Å². The van der Waals surface area contributed by atoms with E-state index >= 15 is 0 Å². The molecule has 0 radical (unpaired) electrons. The molecule has 0 saturated carbocycles. The third-order valence-electron chi connectivity index (χ3n) is 5.10. The highest BCUT2D eigenvalue weighted by atomic mass is 19.1. The van der Waals surface area contributed by atoms with Crippen molar-refractivity contribution in [1.29, 1.82) is 0 Å². The Morgan fingerprint density at radius 1 is 1.24 bits per heavy atom. The minimum absolute atomic E-state index is 0.0239. The summed E-state index contributed by atoms with van der Waals surface area (Å²) >= 11 is 0. The zero-order valence-electron chi connectivity index (χ0n) is 14.4. The minimum atomic E-state index is -0.380. The molecule has 0 spiro atoms. The van der Waals surface area contributed by atoms with Crippen molar-refractivity contribution in [2.45, 2.75) is 19.8 Å². The fourth-order valence-electron chi connectivity index (χ4n) is 3.75. The van der Waals surface area contributed by atoms with Gasteiger partial charge in [0.15, 0.2) is 0 Å². The summed E-state index contributed by atoms with van der Waals surface area (Å²) in [6, 6.07) is 6.42. The Morgan fingerprint density at radius 2 is 1.92 bits per heavy atom. The van der Waals surface area contributed by atoms with Gasteiger partial charge in [0.25, 0.3) is 5.91 Å². The Bertz CT molecular complexity index is 791. The second-order valence-corrected chi connectivity index (χ2v) is 7.20. The van der Waals surface area contributed by atoms with Crippen LogP contribution in [0.15, 0.2) is 24.3 Å². The first kappa shape index (κ1) is 16.2. The van der Waals surface area contributed by atoms with Crippen molar-refractivity contribution in [3.63, 3.8) is 0 Å². The number of fused-ring (bicyclic) bond motifs is 1. The predicted octanol–water partition coefficient (Wildman–Crippen LogP) is 1.82. The average Bonchev–Trinajstić information content (AvgIpc) is 3.28. The van der Waals surface area contributed by atoms with Gasteiger partial charge in [-0.1, -0.05) is 26.0 Å². The lowest BCUT2D eigenvalue weighted by Gasteiger charge is -2.15. The molecule has 7 heteroatoms. The number of hydrogen-bond acceptors (Lipinski definition) is 4. The standard InChI is InChI=1S/C18H22FN5O/c1-11(2)17-21-16(22-24(17)15-6-4-3-5-14(15)19)18(25)23-9-12-7-20-8-13(12)10-23/h3-6,11-13,20H,7-10H2,1-2H3/t12-,13+. The zero-order chi connectivity index (χ0) is 17.6. The minimum Gasteiger partial charge on any atom is -0.335 e. The van der Waals surface area contributed by atoms with Crippen LogP contribution in [0, 0.1) is 17.7 Å². The van der Waals surface area contributed by atoms with E-state index in [4.69, 9.17) is 0 Å². The number of aromatic nitrogens is 3. The topological polar surface area (TPSA) is 63.1 Å². The van der Waals surface area contributed by atoms with Crippen molar-refractivity contribution < 1.29 is 9.18 Å². The molecule has 132 valence electrons. The molecule has 3 heterocycles. The number of nitrogens with zero attached hydrogens (tertiary/aromatic N) is 4. The second kappa shape index (κ2) is 6.22. The highest BCUT2D eigenvalue weighted by Gasteiger charge is 2.39. The number of halogens is 1. The number of benzene rings is 1. The van der Waals surface area contributed by atoms with Crippen molar-refractivity contribution in [1.82, 2.24) is 25.0 Å². The normalized spacial score (nSPS) is 22.6. The Labute approximate surface area is 146 Å². The fourth-order valence-corrected chi connectivity index (χ4v) is 3.75. The smallest absolute Gasteiger partial charge is 0.293 e. The van der Waals surface area contributed by atoms with Crippen LogP contribution >= 0.6 is 0 Å². The zero-order valence-corrected chi connectivity index (χ0v) is 14.4. The Kier molecular flexibility index (Phi) is 4.03. The van der Waals surface area contributed by atoms with E-state index in [1.807, 2.05) is 18.7 Å². The van der Waals surface area contributed by atoms with Gasteiger partial charge in [-0.15, -0.1) is 5.10 Å². The molecule has 1 amide bonds. The number of nitrogens with one attached hydrogen (secondary N) is 1. The monoisotopic (exact) mass is 343 g/mol. The van der Waals surface area contributed by atoms with E-state index in [-0.39, 0.29) is 23.5 Å². The van der Waals surface area contributed by atoms with Gasteiger partial charge in [0.2, 0.25) is 5.82 Å². The molecule has 1 N–H and O–H groups in total. The van der Waals surface area contributed by atoms with Crippen molar-refractivity contribution in [2.75, 3.05) is 26.2 Å². The molecule has 1 aromatic heterocycles. The molecular formula is C18H22FN5O. The first-order valence-electron chi connectivity index (χ1n) is 8.76. The molecule has 0 unspecified atom stereocenters. The molecule has 2 atom stereocenters. The second-order valence-electron chi connectivity index (χ2n) is 7.20. The lowest BCUT2D eigenvalue weighted by molar-refractivity contribution is 0.0769. The van der Waals surface area contributed by atoms with Gasteiger partial charge in [0.05, 0.1) is 0 Å². The van der Waals surface area contributed by atoms with Crippen molar-refractivity contribution in [3.8, 4) is 5.69 Å². The molecule has 0 aliphatic carbocycles. The van der Waals surface area contributed by atoms with Crippen molar-refractivity contribution >= 4 is 5.91 Å². The molecule has 2 saturated heterocycles. The van der Waals surface area contributed by atoms with E-state index < -0.39 is 0 Å². The number of rotatable bonds is 3. The van der Waals surface area contributed by atoms with Crippen LogP contribution in [0.3, 0.4) is 0 Å². The summed E-state index contributed by atoms with van der Waals surface area (Å²) in [6.07, 6.45) is 0. The molecule has 0 bridgehead atoms. The number of carbonyl (C=O) groups excluding carboxylic acids is 1. The summed E-state index contributed by atoms with van der Waals surface area (Å²) in [4.78, 5) is 19.1. The van der Waals surface area contributed by atoms with Gasteiger partial charge in [-0.3, -0.25) is 4.79 Å².